The van der Waals surface area contributed by atoms with Crippen LogP contribution >= 0.6 is 11.8 Å². The molecule has 0 spiro atoms. The van der Waals surface area contributed by atoms with E-state index in [0.717, 1.165) is 12.0 Å². The maximum Gasteiger partial charge on any atom is 0.314 e. The van der Waals surface area contributed by atoms with Crippen molar-refractivity contribution in [1.29, 1.82) is 0 Å². The van der Waals surface area contributed by atoms with Crippen LogP contribution in [-0.2, 0) is 19.1 Å². The normalized spacial score (nSPS) is 12.6. The Hall–Kier alpha value is -2.80. The molecule has 154 valence electrons. The van der Waals surface area contributed by atoms with E-state index in [1.54, 1.807) is 24.3 Å². The number of hydrogen-bond donors (Lipinski definition) is 2. The van der Waals surface area contributed by atoms with Crippen molar-refractivity contribution >= 4 is 35.2 Å². The van der Waals surface area contributed by atoms with E-state index in [4.69, 9.17) is 10.5 Å². The predicted molar refractivity (Wildman–Crippen MR) is 115 cm³/mol. The van der Waals surface area contributed by atoms with Gasteiger partial charge in [0.25, 0.3) is 5.91 Å². The van der Waals surface area contributed by atoms with Crippen LogP contribution in [-0.4, -0.2) is 30.1 Å². The minimum atomic E-state index is -0.443. The van der Waals surface area contributed by atoms with E-state index in [0.29, 0.717) is 10.6 Å². The molecule has 0 aliphatic carbocycles. The molecular formula is C22H26N2O4S. The van der Waals surface area contributed by atoms with Crippen LogP contribution in [0.3, 0.4) is 0 Å². The molecule has 0 bridgehead atoms. The molecule has 0 aliphatic heterocycles. The fraction of sp³-hybridized carbons (Fsp3) is 0.318. The number of benzene rings is 2. The number of para-hydroxylation sites is 1. The van der Waals surface area contributed by atoms with Gasteiger partial charge in [0.1, 0.15) is 0 Å². The molecule has 0 heterocycles. The second kappa shape index (κ2) is 11.3. The third-order valence-electron chi connectivity index (χ3n) is 4.50. The lowest BCUT2D eigenvalue weighted by Gasteiger charge is -2.21. The van der Waals surface area contributed by atoms with Crippen molar-refractivity contribution in [2.24, 2.45) is 11.7 Å². The number of carbonyl (C=O) groups is 3. The molecule has 2 amide bonds. The van der Waals surface area contributed by atoms with Gasteiger partial charge in [-0.05, 0) is 23.6 Å². The summed E-state index contributed by atoms with van der Waals surface area (Å²) < 4.78 is 5.32. The van der Waals surface area contributed by atoms with Crippen molar-refractivity contribution < 1.29 is 19.1 Å². The number of anilines is 1. The van der Waals surface area contributed by atoms with Crippen molar-refractivity contribution in [3.63, 3.8) is 0 Å². The molecule has 0 saturated carbocycles. The van der Waals surface area contributed by atoms with E-state index in [1.165, 1.54) is 11.8 Å². The Morgan fingerprint density at radius 3 is 2.38 bits per heavy atom. The van der Waals surface area contributed by atoms with Gasteiger partial charge in [0.2, 0.25) is 5.91 Å². The zero-order chi connectivity index (χ0) is 21.2. The average Bonchev–Trinajstić information content (AvgIpc) is 2.72. The van der Waals surface area contributed by atoms with Crippen LogP contribution in [0.25, 0.3) is 0 Å². The Morgan fingerprint density at radius 1 is 1.07 bits per heavy atom. The van der Waals surface area contributed by atoms with Crippen molar-refractivity contribution in [3.05, 3.63) is 60.2 Å². The quantitative estimate of drug-likeness (QED) is 0.457. The number of esters is 1. The highest BCUT2D eigenvalue weighted by molar-refractivity contribution is 8.00. The first-order valence-electron chi connectivity index (χ1n) is 9.44. The summed E-state index contributed by atoms with van der Waals surface area (Å²) in [7, 11) is 0. The first-order chi connectivity index (χ1) is 13.9. The summed E-state index contributed by atoms with van der Waals surface area (Å²) >= 11 is 1.23. The molecule has 2 aromatic carbocycles. The molecule has 0 saturated heterocycles. The first kappa shape index (κ1) is 22.5. The monoisotopic (exact) mass is 414 g/mol. The predicted octanol–water partition coefficient (Wildman–Crippen LogP) is 3.58. The molecule has 6 nitrogen and oxygen atoms in total. The number of carbonyl (C=O) groups excluding carboxylic acids is 3. The molecule has 29 heavy (non-hydrogen) atoms. The van der Waals surface area contributed by atoms with Crippen LogP contribution < -0.4 is 11.1 Å². The van der Waals surface area contributed by atoms with E-state index in [2.05, 4.69) is 5.32 Å². The maximum absolute atomic E-state index is 12.7. The molecule has 0 aromatic heterocycles. The number of hydrogen-bond acceptors (Lipinski definition) is 5. The molecule has 2 rings (SSSR count). The van der Waals surface area contributed by atoms with E-state index >= 15 is 0 Å². The number of thioether (sulfide) groups is 1. The fourth-order valence-corrected chi connectivity index (χ4v) is 3.60. The fourth-order valence-electron chi connectivity index (χ4n) is 2.85. The summed E-state index contributed by atoms with van der Waals surface area (Å²) in [6.45, 7) is 3.62. The highest BCUT2D eigenvalue weighted by Gasteiger charge is 2.27. The number of amides is 2. The Labute approximate surface area is 175 Å². The topological polar surface area (TPSA) is 98.5 Å². The van der Waals surface area contributed by atoms with Gasteiger partial charge in [-0.2, -0.15) is 0 Å². The third kappa shape index (κ3) is 6.94. The molecule has 0 radical (unpaired) electrons. The van der Waals surface area contributed by atoms with E-state index < -0.39 is 23.7 Å². The summed E-state index contributed by atoms with van der Waals surface area (Å²) in [5, 5.41) is 2.72. The van der Waals surface area contributed by atoms with Crippen LogP contribution in [0, 0.1) is 5.92 Å². The van der Waals surface area contributed by atoms with E-state index in [9.17, 15) is 14.4 Å². The zero-order valence-corrected chi connectivity index (χ0v) is 17.4. The van der Waals surface area contributed by atoms with Gasteiger partial charge in [-0.1, -0.05) is 62.7 Å². The number of nitrogens with one attached hydrogen (secondary N) is 1. The Balaban J connectivity index is 1.99. The third-order valence-corrected chi connectivity index (χ3v) is 5.60. The van der Waals surface area contributed by atoms with Gasteiger partial charge in [-0.3, -0.25) is 14.4 Å². The van der Waals surface area contributed by atoms with Crippen molar-refractivity contribution in [3.8, 4) is 0 Å². The highest BCUT2D eigenvalue weighted by atomic mass is 32.2. The summed E-state index contributed by atoms with van der Waals surface area (Å²) in [5.41, 5.74) is 6.60. The lowest BCUT2D eigenvalue weighted by Crippen LogP contribution is -2.27. The second-order valence-electron chi connectivity index (χ2n) is 6.68. The van der Waals surface area contributed by atoms with Crippen LogP contribution in [0.15, 0.2) is 59.5 Å². The minimum absolute atomic E-state index is 0.0823. The van der Waals surface area contributed by atoms with Crippen molar-refractivity contribution in [2.75, 3.05) is 17.7 Å². The van der Waals surface area contributed by atoms with Gasteiger partial charge < -0.3 is 15.8 Å². The molecule has 2 atom stereocenters. The first-order valence-corrected chi connectivity index (χ1v) is 10.4. The van der Waals surface area contributed by atoms with Gasteiger partial charge >= 0.3 is 5.97 Å². The van der Waals surface area contributed by atoms with Gasteiger partial charge in [0.05, 0.1) is 17.4 Å². The lowest BCUT2D eigenvalue weighted by molar-refractivity contribution is -0.150. The molecule has 0 unspecified atom stereocenters. The summed E-state index contributed by atoms with van der Waals surface area (Å²) in [4.78, 5) is 36.7. The molecule has 0 fully saturated rings. The van der Waals surface area contributed by atoms with Crippen LogP contribution in [0.1, 0.15) is 31.7 Å². The average molecular weight is 415 g/mol. The number of rotatable bonds is 10. The number of primary amides is 1. The van der Waals surface area contributed by atoms with Gasteiger partial charge in [0, 0.05) is 4.90 Å². The summed E-state index contributed by atoms with van der Waals surface area (Å²) in [6, 6.07) is 16.5. The zero-order valence-electron chi connectivity index (χ0n) is 16.6. The molecule has 7 heteroatoms. The van der Waals surface area contributed by atoms with Crippen LogP contribution in [0.4, 0.5) is 5.69 Å². The second-order valence-corrected chi connectivity index (χ2v) is 7.70. The summed E-state index contributed by atoms with van der Waals surface area (Å²) in [5.74, 6) is -1.54. The smallest absolute Gasteiger partial charge is 0.314 e. The molecule has 2 aromatic rings. The van der Waals surface area contributed by atoms with E-state index in [1.807, 2.05) is 44.2 Å². The Morgan fingerprint density at radius 2 is 1.72 bits per heavy atom. The summed E-state index contributed by atoms with van der Waals surface area (Å²) in [6.07, 6.45) is 0.811. The Bertz CT molecular complexity index is 842. The SMILES string of the molecule is CC[C@H](C)[C@H](C(=O)OCC(=O)Nc1ccccc1SCC(N)=O)c1ccccc1. The number of ether oxygens (including phenoxy) is 1. The van der Waals surface area contributed by atoms with Crippen molar-refractivity contribution in [2.45, 2.75) is 31.1 Å². The van der Waals surface area contributed by atoms with Gasteiger partial charge in [-0.25, -0.2) is 0 Å². The molecule has 3 N–H and O–H groups in total. The maximum atomic E-state index is 12.7. The van der Waals surface area contributed by atoms with E-state index in [-0.39, 0.29) is 18.3 Å². The number of nitrogens with two attached hydrogens (primary N) is 1. The minimum Gasteiger partial charge on any atom is -0.455 e. The lowest BCUT2D eigenvalue weighted by atomic mass is 9.86. The molecular weight excluding hydrogens is 388 g/mol. The largest absolute Gasteiger partial charge is 0.455 e. The van der Waals surface area contributed by atoms with Crippen LogP contribution in [0.5, 0.6) is 0 Å². The van der Waals surface area contributed by atoms with Crippen molar-refractivity contribution in [1.82, 2.24) is 0 Å². The van der Waals surface area contributed by atoms with Gasteiger partial charge in [-0.15, -0.1) is 11.8 Å². The Kier molecular flexibility index (Phi) is 8.73. The highest BCUT2D eigenvalue weighted by Crippen LogP contribution is 2.29. The molecule has 0 aliphatic rings. The van der Waals surface area contributed by atoms with Crippen LogP contribution in [0.2, 0.25) is 0 Å². The standard InChI is InChI=1S/C22H26N2O4S/c1-3-15(2)21(16-9-5-4-6-10-16)22(27)28-13-20(26)24-17-11-7-8-12-18(17)29-14-19(23)25/h4-12,15,21H,3,13-14H2,1-2H3,(H2,23,25)(H,24,26)/t15-,21-/m0/s1. The van der Waals surface area contributed by atoms with Gasteiger partial charge in [0.15, 0.2) is 6.61 Å².